The molecule has 0 spiro atoms. The summed E-state index contributed by atoms with van der Waals surface area (Å²) >= 11 is 0. The number of benzene rings is 1. The van der Waals surface area contributed by atoms with Gasteiger partial charge in [0.2, 0.25) is 0 Å². The number of aliphatic hydroxyl groups excluding tert-OH is 1. The second-order valence-corrected chi connectivity index (χ2v) is 4.70. The van der Waals surface area contributed by atoms with E-state index in [1.54, 1.807) is 0 Å². The Morgan fingerprint density at radius 3 is 3.00 bits per heavy atom. The maximum atomic E-state index is 9.24. The topological polar surface area (TPSA) is 84.1 Å². The predicted molar refractivity (Wildman–Crippen MR) is 74.7 cm³/mol. The molecule has 2 aromatic rings. The predicted octanol–water partition coefficient (Wildman–Crippen LogP) is 1.49. The summed E-state index contributed by atoms with van der Waals surface area (Å²) in [5, 5.41) is 12.6. The summed E-state index contributed by atoms with van der Waals surface area (Å²) in [5.41, 5.74) is 11.2. The maximum Gasteiger partial charge on any atom is 0.147 e. The molecule has 0 radical (unpaired) electrons. The zero-order chi connectivity index (χ0) is 13.4. The van der Waals surface area contributed by atoms with Gasteiger partial charge in [0.05, 0.1) is 18.0 Å². The van der Waals surface area contributed by atoms with E-state index in [4.69, 9.17) is 5.73 Å². The van der Waals surface area contributed by atoms with Gasteiger partial charge in [-0.25, -0.2) is 9.97 Å². The van der Waals surface area contributed by atoms with Gasteiger partial charge in [0.1, 0.15) is 11.5 Å². The van der Waals surface area contributed by atoms with Crippen LogP contribution in [0.25, 0.3) is 11.3 Å². The third-order valence-electron chi connectivity index (χ3n) is 3.42. The van der Waals surface area contributed by atoms with Crippen LogP contribution in [0.3, 0.4) is 0 Å². The van der Waals surface area contributed by atoms with Gasteiger partial charge in [-0.1, -0.05) is 12.1 Å². The number of hydrogen-bond acceptors (Lipinski definition) is 5. The van der Waals surface area contributed by atoms with Gasteiger partial charge in [-0.05, 0) is 25.0 Å². The molecule has 0 saturated heterocycles. The summed E-state index contributed by atoms with van der Waals surface area (Å²) in [5.74, 6) is 0.294. The van der Waals surface area contributed by atoms with Gasteiger partial charge in [0.15, 0.2) is 0 Å². The van der Waals surface area contributed by atoms with Crippen LogP contribution in [0.15, 0.2) is 18.2 Å². The molecule has 0 fully saturated rings. The molecule has 1 aliphatic heterocycles. The summed E-state index contributed by atoms with van der Waals surface area (Å²) < 4.78 is 0. The molecule has 0 saturated carbocycles. The minimum atomic E-state index is -0.199. The van der Waals surface area contributed by atoms with E-state index in [0.717, 1.165) is 35.6 Å². The van der Waals surface area contributed by atoms with Crippen LogP contribution < -0.4 is 11.1 Å². The molecule has 2 heterocycles. The van der Waals surface area contributed by atoms with Crippen molar-refractivity contribution < 1.29 is 5.11 Å². The zero-order valence-corrected chi connectivity index (χ0v) is 10.8. The molecule has 0 aliphatic carbocycles. The van der Waals surface area contributed by atoms with Gasteiger partial charge < -0.3 is 16.2 Å². The fourth-order valence-electron chi connectivity index (χ4n) is 2.40. The number of nitrogens with two attached hydrogens (primary N) is 1. The quantitative estimate of drug-likeness (QED) is 0.758. The highest BCUT2D eigenvalue weighted by Gasteiger charge is 2.14. The number of anilines is 2. The Morgan fingerprint density at radius 2 is 2.21 bits per heavy atom. The molecule has 5 nitrogen and oxygen atoms in total. The van der Waals surface area contributed by atoms with Crippen LogP contribution in [0.1, 0.15) is 17.0 Å². The molecule has 1 aromatic carbocycles. The summed E-state index contributed by atoms with van der Waals surface area (Å²) in [6.45, 7) is 2.66. The molecule has 1 aromatic heterocycles. The monoisotopic (exact) mass is 256 g/mol. The fourth-order valence-corrected chi connectivity index (χ4v) is 2.40. The van der Waals surface area contributed by atoms with E-state index in [0.29, 0.717) is 11.5 Å². The molecular formula is C14H16N4O. The van der Waals surface area contributed by atoms with Gasteiger partial charge in [-0.15, -0.1) is 0 Å². The summed E-state index contributed by atoms with van der Waals surface area (Å²) in [6.07, 6.45) is 1.06. The van der Waals surface area contributed by atoms with E-state index < -0.39 is 0 Å². The van der Waals surface area contributed by atoms with Crippen LogP contribution in [-0.2, 0) is 13.0 Å². The highest BCUT2D eigenvalue weighted by atomic mass is 16.3. The number of nitrogens with zero attached hydrogens (tertiary/aromatic N) is 2. The van der Waals surface area contributed by atoms with Gasteiger partial charge in [-0.2, -0.15) is 0 Å². The van der Waals surface area contributed by atoms with E-state index in [1.807, 2.05) is 13.0 Å². The summed E-state index contributed by atoms with van der Waals surface area (Å²) in [4.78, 5) is 8.67. The number of aromatic nitrogens is 2. The number of aliphatic hydroxyl groups is 1. The Kier molecular flexibility index (Phi) is 2.83. The summed E-state index contributed by atoms with van der Waals surface area (Å²) in [6, 6.07) is 6.23. The van der Waals surface area contributed by atoms with Crippen molar-refractivity contribution in [2.24, 2.45) is 0 Å². The van der Waals surface area contributed by atoms with E-state index in [-0.39, 0.29) is 6.61 Å². The van der Waals surface area contributed by atoms with E-state index in [2.05, 4.69) is 27.4 Å². The lowest BCUT2D eigenvalue weighted by Gasteiger charge is -2.10. The second kappa shape index (κ2) is 4.51. The van der Waals surface area contributed by atoms with Crippen LogP contribution in [0.2, 0.25) is 0 Å². The van der Waals surface area contributed by atoms with Gasteiger partial charge in [0.25, 0.3) is 0 Å². The van der Waals surface area contributed by atoms with Crippen molar-refractivity contribution in [1.82, 2.24) is 9.97 Å². The number of nitrogens with one attached hydrogen (secondary N) is 1. The molecule has 5 heteroatoms. The lowest BCUT2D eigenvalue weighted by molar-refractivity contribution is 0.277. The number of aryl methyl sites for hydroxylation is 1. The average molecular weight is 256 g/mol. The maximum absolute atomic E-state index is 9.24. The number of rotatable bonds is 2. The van der Waals surface area contributed by atoms with E-state index >= 15 is 0 Å². The van der Waals surface area contributed by atoms with E-state index in [1.165, 1.54) is 5.56 Å². The van der Waals surface area contributed by atoms with Crippen molar-refractivity contribution in [2.75, 3.05) is 17.6 Å². The number of hydrogen-bond donors (Lipinski definition) is 3. The highest BCUT2D eigenvalue weighted by molar-refractivity contribution is 5.71. The average Bonchev–Trinajstić information content (AvgIpc) is 2.86. The fraction of sp³-hybridized carbons (Fsp3) is 0.286. The minimum absolute atomic E-state index is 0.199. The van der Waals surface area contributed by atoms with Crippen molar-refractivity contribution in [1.29, 1.82) is 0 Å². The van der Waals surface area contributed by atoms with Crippen molar-refractivity contribution in [3.8, 4) is 11.3 Å². The third-order valence-corrected chi connectivity index (χ3v) is 3.42. The minimum Gasteiger partial charge on any atom is -0.390 e. The molecule has 1 aliphatic rings. The zero-order valence-electron chi connectivity index (χ0n) is 10.8. The van der Waals surface area contributed by atoms with Crippen LogP contribution in [0.4, 0.5) is 11.5 Å². The van der Waals surface area contributed by atoms with Gasteiger partial charge in [-0.3, -0.25) is 0 Å². The lowest BCUT2D eigenvalue weighted by atomic mass is 10.1. The van der Waals surface area contributed by atoms with Gasteiger partial charge >= 0.3 is 0 Å². The molecule has 0 unspecified atom stereocenters. The number of nitrogen functional groups attached to an aromatic ring is 1. The molecule has 0 atom stereocenters. The Morgan fingerprint density at radius 1 is 1.37 bits per heavy atom. The van der Waals surface area contributed by atoms with Crippen LogP contribution >= 0.6 is 0 Å². The second-order valence-electron chi connectivity index (χ2n) is 4.70. The van der Waals surface area contributed by atoms with E-state index in [9.17, 15) is 5.11 Å². The first-order valence-electron chi connectivity index (χ1n) is 6.30. The SMILES string of the molecule is Cc1nc(N)c(CO)nc1-c1ccc2c(c1)NCC2. The van der Waals surface area contributed by atoms with Crippen molar-refractivity contribution in [3.05, 3.63) is 35.2 Å². The standard InChI is InChI=1S/C14H16N4O/c1-8-13(18-12(7-19)14(15)17-8)10-3-2-9-4-5-16-11(9)6-10/h2-3,6,16,19H,4-5,7H2,1H3,(H2,15,17). The third kappa shape index (κ3) is 2.02. The Bertz CT molecular complexity index is 640. The lowest BCUT2D eigenvalue weighted by Crippen LogP contribution is -2.05. The largest absolute Gasteiger partial charge is 0.390 e. The van der Waals surface area contributed by atoms with Crippen molar-refractivity contribution in [2.45, 2.75) is 20.0 Å². The van der Waals surface area contributed by atoms with Crippen LogP contribution in [-0.4, -0.2) is 21.6 Å². The van der Waals surface area contributed by atoms with Crippen molar-refractivity contribution in [3.63, 3.8) is 0 Å². The first-order chi connectivity index (χ1) is 9.19. The smallest absolute Gasteiger partial charge is 0.147 e. The molecule has 0 bridgehead atoms. The van der Waals surface area contributed by atoms with Crippen molar-refractivity contribution >= 4 is 11.5 Å². The normalized spacial score (nSPS) is 13.2. The highest BCUT2D eigenvalue weighted by Crippen LogP contribution is 2.29. The first kappa shape index (κ1) is 11.9. The van der Waals surface area contributed by atoms with Crippen LogP contribution in [0.5, 0.6) is 0 Å². The molecule has 3 rings (SSSR count). The van der Waals surface area contributed by atoms with Crippen LogP contribution in [0, 0.1) is 6.92 Å². The molecule has 98 valence electrons. The summed E-state index contributed by atoms with van der Waals surface area (Å²) in [7, 11) is 0. The Balaban J connectivity index is 2.11. The molecule has 4 N–H and O–H groups in total. The Hall–Kier alpha value is -2.14. The first-order valence-corrected chi connectivity index (χ1v) is 6.30. The molecule has 19 heavy (non-hydrogen) atoms. The Labute approximate surface area is 111 Å². The molecular weight excluding hydrogens is 240 g/mol. The van der Waals surface area contributed by atoms with Gasteiger partial charge in [0, 0.05) is 17.8 Å². The number of fused-ring (bicyclic) bond motifs is 1. The molecule has 0 amide bonds.